The monoisotopic (exact) mass is 314 g/mol. The smallest absolute Gasteiger partial charge is 0.0701 e. The topological polar surface area (TPSA) is 15.3 Å². The van der Waals surface area contributed by atoms with Crippen LogP contribution in [-0.2, 0) is 0 Å². The number of nitrogens with one attached hydrogen (secondary N) is 1. The van der Waals surface area contributed by atoms with E-state index in [1.165, 1.54) is 29.6 Å². The molecule has 2 atom stereocenters. The van der Waals surface area contributed by atoms with Crippen molar-refractivity contribution < 1.29 is 0 Å². The molecule has 1 aromatic rings. The highest BCUT2D eigenvalue weighted by molar-refractivity contribution is 9.11. The van der Waals surface area contributed by atoms with E-state index in [1.54, 1.807) is 4.88 Å². The van der Waals surface area contributed by atoms with Crippen molar-refractivity contribution in [1.29, 1.82) is 0 Å². The molecule has 0 aromatic carbocycles. The van der Waals surface area contributed by atoms with E-state index in [-0.39, 0.29) is 0 Å². The maximum Gasteiger partial charge on any atom is 0.0701 e. The molecule has 3 rings (SSSR count). The molecular weight excluding hydrogens is 296 g/mol. The predicted molar refractivity (Wildman–Crippen MR) is 76.5 cm³/mol. The molecular formula is C13H19BrN2S. The molecule has 2 heterocycles. The number of halogens is 1. The van der Waals surface area contributed by atoms with Crippen LogP contribution in [0.5, 0.6) is 0 Å². The SMILES string of the molecule is CNCC1CCN(C2CC2)C1c1ccc(Br)s1. The summed E-state index contributed by atoms with van der Waals surface area (Å²) in [6.45, 7) is 2.43. The van der Waals surface area contributed by atoms with Gasteiger partial charge >= 0.3 is 0 Å². The normalized spacial score (nSPS) is 30.0. The van der Waals surface area contributed by atoms with Gasteiger partial charge in [0, 0.05) is 17.0 Å². The van der Waals surface area contributed by atoms with Gasteiger partial charge < -0.3 is 5.32 Å². The molecule has 2 nitrogen and oxygen atoms in total. The molecule has 1 saturated heterocycles. The number of hydrogen-bond acceptors (Lipinski definition) is 3. The Kier molecular flexibility index (Phi) is 3.57. The van der Waals surface area contributed by atoms with Gasteiger partial charge in [-0.05, 0) is 73.4 Å². The van der Waals surface area contributed by atoms with Crippen molar-refractivity contribution in [3.05, 3.63) is 20.8 Å². The molecule has 1 N–H and O–H groups in total. The lowest BCUT2D eigenvalue weighted by atomic mass is 9.99. The summed E-state index contributed by atoms with van der Waals surface area (Å²) in [5.74, 6) is 0.783. The molecule has 1 aliphatic heterocycles. The summed E-state index contributed by atoms with van der Waals surface area (Å²) >= 11 is 5.51. The van der Waals surface area contributed by atoms with Gasteiger partial charge in [0.2, 0.25) is 0 Å². The summed E-state index contributed by atoms with van der Waals surface area (Å²) in [6.07, 6.45) is 4.17. The number of rotatable bonds is 4. The largest absolute Gasteiger partial charge is 0.319 e. The van der Waals surface area contributed by atoms with Gasteiger partial charge in [0.05, 0.1) is 3.79 Å². The molecule has 2 aliphatic rings. The number of hydrogen-bond donors (Lipinski definition) is 1. The first-order valence-corrected chi connectivity index (χ1v) is 8.06. The fourth-order valence-electron chi connectivity index (χ4n) is 3.06. The fraction of sp³-hybridized carbons (Fsp3) is 0.692. The zero-order valence-electron chi connectivity index (χ0n) is 10.2. The van der Waals surface area contributed by atoms with Gasteiger partial charge in [-0.25, -0.2) is 0 Å². The maximum absolute atomic E-state index is 3.60. The van der Waals surface area contributed by atoms with Crippen molar-refractivity contribution in [2.24, 2.45) is 5.92 Å². The van der Waals surface area contributed by atoms with E-state index in [2.05, 4.69) is 45.3 Å². The Balaban J connectivity index is 1.83. The van der Waals surface area contributed by atoms with Crippen LogP contribution in [0.4, 0.5) is 0 Å². The lowest BCUT2D eigenvalue weighted by Crippen LogP contribution is -2.30. The van der Waals surface area contributed by atoms with Crippen molar-refractivity contribution in [2.45, 2.75) is 31.3 Å². The summed E-state index contributed by atoms with van der Waals surface area (Å²) in [4.78, 5) is 4.29. The van der Waals surface area contributed by atoms with Gasteiger partial charge in [-0.3, -0.25) is 4.90 Å². The van der Waals surface area contributed by atoms with Gasteiger partial charge in [0.1, 0.15) is 0 Å². The average Bonchev–Trinajstić information content (AvgIpc) is 2.94. The van der Waals surface area contributed by atoms with Crippen LogP contribution < -0.4 is 5.32 Å². The Bertz CT molecular complexity index is 389. The Morgan fingerprint density at radius 1 is 1.41 bits per heavy atom. The molecule has 2 unspecified atom stereocenters. The third-order valence-electron chi connectivity index (χ3n) is 3.93. The second kappa shape index (κ2) is 5.00. The second-order valence-electron chi connectivity index (χ2n) is 5.16. The second-order valence-corrected chi connectivity index (χ2v) is 7.66. The summed E-state index contributed by atoms with van der Waals surface area (Å²) < 4.78 is 1.26. The van der Waals surface area contributed by atoms with Crippen molar-refractivity contribution >= 4 is 27.3 Å². The Morgan fingerprint density at radius 3 is 2.82 bits per heavy atom. The van der Waals surface area contributed by atoms with Crippen molar-refractivity contribution in [2.75, 3.05) is 20.1 Å². The van der Waals surface area contributed by atoms with E-state index in [9.17, 15) is 0 Å². The molecule has 0 amide bonds. The van der Waals surface area contributed by atoms with E-state index in [4.69, 9.17) is 0 Å². The number of nitrogens with zero attached hydrogens (tertiary/aromatic N) is 1. The first kappa shape index (κ1) is 12.2. The van der Waals surface area contributed by atoms with E-state index >= 15 is 0 Å². The molecule has 2 fully saturated rings. The first-order valence-electron chi connectivity index (χ1n) is 6.45. The summed E-state index contributed by atoms with van der Waals surface area (Å²) in [5, 5.41) is 3.36. The van der Waals surface area contributed by atoms with Crippen molar-refractivity contribution in [1.82, 2.24) is 10.2 Å². The Hall–Kier alpha value is 0.1000. The van der Waals surface area contributed by atoms with Crippen LogP contribution in [0.2, 0.25) is 0 Å². The van der Waals surface area contributed by atoms with Gasteiger partial charge in [0.15, 0.2) is 0 Å². The van der Waals surface area contributed by atoms with E-state index < -0.39 is 0 Å². The van der Waals surface area contributed by atoms with Crippen LogP contribution in [0.3, 0.4) is 0 Å². The highest BCUT2D eigenvalue weighted by Gasteiger charge is 2.42. The predicted octanol–water partition coefficient (Wildman–Crippen LogP) is 3.26. The van der Waals surface area contributed by atoms with Crippen molar-refractivity contribution in [3.8, 4) is 0 Å². The average molecular weight is 315 g/mol. The maximum atomic E-state index is 3.60. The Labute approximate surface area is 116 Å². The van der Waals surface area contributed by atoms with E-state index in [1.807, 2.05) is 11.3 Å². The first-order chi connectivity index (χ1) is 8.29. The minimum absolute atomic E-state index is 0.659. The quantitative estimate of drug-likeness (QED) is 0.917. The summed E-state index contributed by atoms with van der Waals surface area (Å²) in [7, 11) is 2.07. The Morgan fingerprint density at radius 2 is 2.24 bits per heavy atom. The third-order valence-corrected chi connectivity index (χ3v) is 5.62. The van der Waals surface area contributed by atoms with Gasteiger partial charge in [-0.15, -0.1) is 11.3 Å². The van der Waals surface area contributed by atoms with Crippen LogP contribution in [-0.4, -0.2) is 31.1 Å². The molecule has 4 heteroatoms. The highest BCUT2D eigenvalue weighted by Crippen LogP contribution is 2.46. The lowest BCUT2D eigenvalue weighted by molar-refractivity contribution is 0.221. The number of likely N-dealkylation sites (tertiary alicyclic amines) is 1. The molecule has 94 valence electrons. The minimum Gasteiger partial charge on any atom is -0.319 e. The minimum atomic E-state index is 0.659. The number of thiophene rings is 1. The van der Waals surface area contributed by atoms with Crippen LogP contribution in [0, 0.1) is 5.92 Å². The zero-order valence-corrected chi connectivity index (χ0v) is 12.6. The molecule has 1 saturated carbocycles. The lowest BCUT2D eigenvalue weighted by Gasteiger charge is -2.27. The molecule has 0 spiro atoms. The summed E-state index contributed by atoms with van der Waals surface area (Å²) in [6, 6.07) is 6.04. The highest BCUT2D eigenvalue weighted by atomic mass is 79.9. The van der Waals surface area contributed by atoms with Crippen molar-refractivity contribution in [3.63, 3.8) is 0 Å². The molecule has 17 heavy (non-hydrogen) atoms. The van der Waals surface area contributed by atoms with E-state index in [0.717, 1.165) is 18.5 Å². The molecule has 1 aliphatic carbocycles. The molecule has 0 bridgehead atoms. The van der Waals surface area contributed by atoms with Gasteiger partial charge in [0.25, 0.3) is 0 Å². The van der Waals surface area contributed by atoms with Gasteiger partial charge in [-0.2, -0.15) is 0 Å². The van der Waals surface area contributed by atoms with Crippen LogP contribution in [0.15, 0.2) is 15.9 Å². The molecule has 1 aromatic heterocycles. The zero-order chi connectivity index (χ0) is 11.8. The van der Waals surface area contributed by atoms with E-state index in [0.29, 0.717) is 6.04 Å². The van der Waals surface area contributed by atoms with Gasteiger partial charge in [-0.1, -0.05) is 0 Å². The van der Waals surface area contributed by atoms with Crippen LogP contribution in [0.1, 0.15) is 30.2 Å². The third kappa shape index (κ3) is 2.46. The summed E-state index contributed by atoms with van der Waals surface area (Å²) in [5.41, 5.74) is 0. The van der Waals surface area contributed by atoms with Crippen LogP contribution >= 0.6 is 27.3 Å². The standard InChI is InChI=1S/C13H19BrN2S/c1-15-8-9-6-7-16(10-2-3-10)13(9)11-4-5-12(14)17-11/h4-5,9-10,13,15H,2-3,6-8H2,1H3. The van der Waals surface area contributed by atoms with Crippen LogP contribution in [0.25, 0.3) is 0 Å². The fourth-order valence-corrected chi connectivity index (χ4v) is 4.70. The molecule has 0 radical (unpaired) electrons.